The average molecular weight is 357 g/mol. The number of rotatable bonds is 3. The zero-order chi connectivity index (χ0) is 13.2. The number of nitrogens with one attached hydrogen (secondary N) is 1. The summed E-state index contributed by atoms with van der Waals surface area (Å²) in [4.78, 5) is 0. The molecule has 1 aliphatic rings. The summed E-state index contributed by atoms with van der Waals surface area (Å²) < 4.78 is 1.31. The molecule has 100 valence electrons. The van der Waals surface area contributed by atoms with Gasteiger partial charge in [-0.15, -0.1) is 0 Å². The average Bonchev–Trinajstić information content (AvgIpc) is 2.33. The molecule has 0 aromatic heterocycles. The van der Waals surface area contributed by atoms with Gasteiger partial charge in [-0.25, -0.2) is 0 Å². The minimum absolute atomic E-state index is 0.466. The van der Waals surface area contributed by atoms with Gasteiger partial charge in [0.2, 0.25) is 0 Å². The number of hydrogen-bond acceptors (Lipinski definition) is 1. The van der Waals surface area contributed by atoms with Crippen LogP contribution in [0.4, 0.5) is 0 Å². The van der Waals surface area contributed by atoms with Gasteiger partial charge in [0.1, 0.15) is 0 Å². The van der Waals surface area contributed by atoms with E-state index in [1.54, 1.807) is 0 Å². The second-order valence-corrected chi connectivity index (χ2v) is 7.62. The fraction of sp³-hybridized carbons (Fsp3) is 0.625. The number of halogens is 1. The highest BCUT2D eigenvalue weighted by atomic mass is 127. The van der Waals surface area contributed by atoms with Crippen LogP contribution in [0.25, 0.3) is 0 Å². The van der Waals surface area contributed by atoms with Gasteiger partial charge in [0, 0.05) is 15.7 Å². The Morgan fingerprint density at radius 3 is 2.28 bits per heavy atom. The lowest BCUT2D eigenvalue weighted by Gasteiger charge is -2.36. The van der Waals surface area contributed by atoms with Gasteiger partial charge in [0.25, 0.3) is 0 Å². The Hall–Kier alpha value is -0.0900. The highest BCUT2D eigenvalue weighted by Gasteiger charge is 2.27. The Balaban J connectivity index is 1.88. The monoisotopic (exact) mass is 357 g/mol. The maximum absolute atomic E-state index is 3.79. The minimum Gasteiger partial charge on any atom is -0.307 e. The van der Waals surface area contributed by atoms with Crippen molar-refractivity contribution in [2.24, 2.45) is 5.41 Å². The highest BCUT2D eigenvalue weighted by molar-refractivity contribution is 14.1. The van der Waals surface area contributed by atoms with E-state index in [2.05, 4.69) is 72.9 Å². The molecular weight excluding hydrogens is 333 g/mol. The van der Waals surface area contributed by atoms with E-state index < -0.39 is 0 Å². The summed E-state index contributed by atoms with van der Waals surface area (Å²) in [7, 11) is 0. The van der Waals surface area contributed by atoms with E-state index in [-0.39, 0.29) is 0 Å². The van der Waals surface area contributed by atoms with Gasteiger partial charge < -0.3 is 5.32 Å². The summed E-state index contributed by atoms with van der Waals surface area (Å²) in [5.41, 5.74) is 1.96. The molecule has 0 aliphatic heterocycles. The highest BCUT2D eigenvalue weighted by Crippen LogP contribution is 2.35. The first kappa shape index (κ1) is 14.3. The molecule has 0 radical (unpaired) electrons. The normalized spacial score (nSPS) is 21.8. The zero-order valence-electron chi connectivity index (χ0n) is 11.7. The van der Waals surface area contributed by atoms with E-state index in [1.807, 2.05) is 0 Å². The molecule has 0 amide bonds. The van der Waals surface area contributed by atoms with Crippen LogP contribution in [0.15, 0.2) is 24.3 Å². The summed E-state index contributed by atoms with van der Waals surface area (Å²) in [5, 5.41) is 3.79. The molecule has 1 aromatic carbocycles. The molecule has 1 unspecified atom stereocenters. The van der Waals surface area contributed by atoms with E-state index in [0.717, 1.165) is 0 Å². The van der Waals surface area contributed by atoms with E-state index in [0.29, 0.717) is 17.5 Å². The second-order valence-electron chi connectivity index (χ2n) is 6.38. The van der Waals surface area contributed by atoms with E-state index >= 15 is 0 Å². The van der Waals surface area contributed by atoms with E-state index in [9.17, 15) is 0 Å². The van der Waals surface area contributed by atoms with Crippen molar-refractivity contribution in [1.82, 2.24) is 5.32 Å². The maximum atomic E-state index is 3.79. The summed E-state index contributed by atoms with van der Waals surface area (Å²) in [6.45, 7) is 7.07. The van der Waals surface area contributed by atoms with Gasteiger partial charge in [0.05, 0.1) is 0 Å². The predicted octanol–water partition coefficient (Wildman–Crippen LogP) is 4.91. The minimum atomic E-state index is 0.466. The van der Waals surface area contributed by atoms with Crippen molar-refractivity contribution in [2.75, 3.05) is 0 Å². The molecule has 1 nitrogen and oxygen atoms in total. The lowest BCUT2D eigenvalue weighted by molar-refractivity contribution is 0.200. The van der Waals surface area contributed by atoms with Crippen LogP contribution in [0, 0.1) is 8.99 Å². The van der Waals surface area contributed by atoms with Gasteiger partial charge in [-0.1, -0.05) is 26.0 Å². The van der Waals surface area contributed by atoms with E-state index in [4.69, 9.17) is 0 Å². The molecule has 1 N–H and O–H groups in total. The van der Waals surface area contributed by atoms with Gasteiger partial charge in [0.15, 0.2) is 0 Å². The van der Waals surface area contributed by atoms with Crippen molar-refractivity contribution in [3.05, 3.63) is 33.4 Å². The number of benzene rings is 1. The van der Waals surface area contributed by atoms with Crippen molar-refractivity contribution >= 4 is 22.6 Å². The topological polar surface area (TPSA) is 12.0 Å². The second kappa shape index (κ2) is 5.91. The lowest BCUT2D eigenvalue weighted by Crippen LogP contribution is -2.37. The molecule has 1 atom stereocenters. The Bertz CT molecular complexity index is 373. The first-order chi connectivity index (χ1) is 8.46. The zero-order valence-corrected chi connectivity index (χ0v) is 13.8. The quantitative estimate of drug-likeness (QED) is 0.758. The van der Waals surface area contributed by atoms with Gasteiger partial charge in [-0.2, -0.15) is 0 Å². The molecule has 18 heavy (non-hydrogen) atoms. The van der Waals surface area contributed by atoms with Crippen LogP contribution < -0.4 is 5.32 Å². The van der Waals surface area contributed by atoms with E-state index in [1.165, 1.54) is 34.8 Å². The third-order valence-corrected chi connectivity index (χ3v) is 4.91. The molecule has 0 heterocycles. The van der Waals surface area contributed by atoms with Crippen molar-refractivity contribution < 1.29 is 0 Å². The SMILES string of the molecule is CC(NC1CCC(C)(C)CC1)c1ccc(I)cc1. The lowest BCUT2D eigenvalue weighted by atomic mass is 9.75. The molecule has 2 rings (SSSR count). The maximum Gasteiger partial charge on any atom is 0.0294 e. The molecule has 1 aliphatic carbocycles. The van der Waals surface area contributed by atoms with Crippen LogP contribution >= 0.6 is 22.6 Å². The fourth-order valence-electron chi connectivity index (χ4n) is 2.77. The summed E-state index contributed by atoms with van der Waals surface area (Å²) in [6, 6.07) is 10.0. The summed E-state index contributed by atoms with van der Waals surface area (Å²) in [5.74, 6) is 0. The van der Waals surface area contributed by atoms with Crippen molar-refractivity contribution in [1.29, 1.82) is 0 Å². The third kappa shape index (κ3) is 3.95. The van der Waals surface area contributed by atoms with Crippen molar-refractivity contribution in [3.63, 3.8) is 0 Å². The van der Waals surface area contributed by atoms with Gasteiger partial charge in [-0.3, -0.25) is 0 Å². The van der Waals surface area contributed by atoms with Crippen LogP contribution in [-0.2, 0) is 0 Å². The molecule has 0 saturated heterocycles. The number of hydrogen-bond donors (Lipinski definition) is 1. The Labute approximate surface area is 125 Å². The predicted molar refractivity (Wildman–Crippen MR) is 86.7 cm³/mol. The molecular formula is C16H24IN. The first-order valence-electron chi connectivity index (χ1n) is 6.98. The smallest absolute Gasteiger partial charge is 0.0294 e. The standard InChI is InChI=1S/C16H24IN/c1-12(13-4-6-14(17)7-5-13)18-15-8-10-16(2,3)11-9-15/h4-7,12,15,18H,8-11H2,1-3H3. The van der Waals surface area contributed by atoms with Crippen LogP contribution in [0.2, 0.25) is 0 Å². The van der Waals surface area contributed by atoms with Gasteiger partial charge in [-0.05, 0) is 78.3 Å². The molecule has 1 aromatic rings. The summed E-state index contributed by atoms with van der Waals surface area (Å²) >= 11 is 2.36. The fourth-order valence-corrected chi connectivity index (χ4v) is 3.13. The first-order valence-corrected chi connectivity index (χ1v) is 8.06. The molecule has 1 fully saturated rings. The van der Waals surface area contributed by atoms with Crippen molar-refractivity contribution in [2.45, 2.75) is 58.5 Å². The Morgan fingerprint density at radius 2 is 1.72 bits per heavy atom. The Kier molecular flexibility index (Phi) is 4.70. The largest absolute Gasteiger partial charge is 0.307 e. The molecule has 0 bridgehead atoms. The van der Waals surface area contributed by atoms with Crippen LogP contribution in [0.1, 0.15) is 58.1 Å². The van der Waals surface area contributed by atoms with Crippen molar-refractivity contribution in [3.8, 4) is 0 Å². The Morgan fingerprint density at radius 1 is 1.17 bits per heavy atom. The van der Waals surface area contributed by atoms with Crippen LogP contribution in [-0.4, -0.2) is 6.04 Å². The van der Waals surface area contributed by atoms with Gasteiger partial charge >= 0.3 is 0 Å². The molecule has 0 spiro atoms. The van der Waals surface area contributed by atoms with Crippen LogP contribution in [0.3, 0.4) is 0 Å². The molecule has 2 heteroatoms. The van der Waals surface area contributed by atoms with Crippen LogP contribution in [0.5, 0.6) is 0 Å². The molecule has 1 saturated carbocycles. The third-order valence-electron chi connectivity index (χ3n) is 4.19. The summed E-state index contributed by atoms with van der Waals surface area (Å²) in [6.07, 6.45) is 5.34.